The highest BCUT2D eigenvalue weighted by Crippen LogP contribution is 2.42. The van der Waals surface area contributed by atoms with Gasteiger partial charge in [0, 0.05) is 25.6 Å². The Morgan fingerprint density at radius 1 is 1.24 bits per heavy atom. The molecular weight excluding hydrogens is 270 g/mol. The van der Waals surface area contributed by atoms with E-state index in [9.17, 15) is 14.4 Å². The van der Waals surface area contributed by atoms with Crippen molar-refractivity contribution in [2.75, 3.05) is 13.1 Å². The number of rotatable bonds is 2. The first-order valence-corrected chi connectivity index (χ1v) is 7.88. The van der Waals surface area contributed by atoms with Gasteiger partial charge >= 0.3 is 6.03 Å². The van der Waals surface area contributed by atoms with Crippen molar-refractivity contribution in [1.82, 2.24) is 14.7 Å². The Balaban J connectivity index is 1.56. The number of urea groups is 1. The summed E-state index contributed by atoms with van der Waals surface area (Å²) in [5.41, 5.74) is -0.666. The fraction of sp³-hybridized carbons (Fsp3) is 0.800. The third kappa shape index (κ3) is 1.61. The van der Waals surface area contributed by atoms with Crippen LogP contribution in [0.3, 0.4) is 0 Å². The fourth-order valence-corrected chi connectivity index (χ4v) is 4.23. The van der Waals surface area contributed by atoms with Crippen molar-refractivity contribution >= 4 is 17.8 Å². The van der Waals surface area contributed by atoms with Gasteiger partial charge in [0.25, 0.3) is 5.91 Å². The summed E-state index contributed by atoms with van der Waals surface area (Å²) < 4.78 is 0. The zero-order valence-corrected chi connectivity index (χ0v) is 12.5. The Labute approximate surface area is 124 Å². The Morgan fingerprint density at radius 2 is 1.95 bits per heavy atom. The maximum atomic E-state index is 12.7. The van der Waals surface area contributed by atoms with Gasteiger partial charge in [-0.25, -0.2) is 4.79 Å². The lowest BCUT2D eigenvalue weighted by Crippen LogP contribution is -2.45. The van der Waals surface area contributed by atoms with Gasteiger partial charge < -0.3 is 9.80 Å². The van der Waals surface area contributed by atoms with Crippen molar-refractivity contribution in [2.24, 2.45) is 5.92 Å². The Morgan fingerprint density at radius 3 is 2.57 bits per heavy atom. The molecule has 0 radical (unpaired) electrons. The molecule has 6 heteroatoms. The second-order valence-corrected chi connectivity index (χ2v) is 7.17. The Hall–Kier alpha value is -1.59. The maximum Gasteiger partial charge on any atom is 0.328 e. The number of hydrogen-bond acceptors (Lipinski definition) is 3. The summed E-state index contributed by atoms with van der Waals surface area (Å²) >= 11 is 0. The van der Waals surface area contributed by atoms with E-state index in [1.165, 1.54) is 4.90 Å². The van der Waals surface area contributed by atoms with E-state index in [0.717, 1.165) is 19.3 Å². The van der Waals surface area contributed by atoms with E-state index < -0.39 is 5.54 Å². The lowest BCUT2D eigenvalue weighted by atomic mass is 9.99. The number of hydrogen-bond donors (Lipinski definition) is 0. The number of fused-ring (bicyclic) bond motifs is 1. The van der Waals surface area contributed by atoms with Crippen molar-refractivity contribution in [3.05, 3.63) is 0 Å². The summed E-state index contributed by atoms with van der Waals surface area (Å²) in [7, 11) is 0. The highest BCUT2D eigenvalue weighted by atomic mass is 16.2. The predicted molar refractivity (Wildman–Crippen MR) is 74.3 cm³/mol. The van der Waals surface area contributed by atoms with E-state index in [4.69, 9.17) is 0 Å². The maximum absolute atomic E-state index is 12.7. The van der Waals surface area contributed by atoms with E-state index in [1.54, 1.807) is 4.90 Å². The average Bonchev–Trinajstić information content (AvgIpc) is 2.79. The van der Waals surface area contributed by atoms with Crippen LogP contribution in [0.25, 0.3) is 0 Å². The predicted octanol–water partition coefficient (Wildman–Crippen LogP) is 0.812. The zero-order chi connectivity index (χ0) is 14.9. The molecule has 3 saturated heterocycles. The van der Waals surface area contributed by atoms with Crippen molar-refractivity contribution in [3.8, 4) is 0 Å². The van der Waals surface area contributed by atoms with E-state index in [0.29, 0.717) is 31.5 Å². The van der Waals surface area contributed by atoms with Gasteiger partial charge in [-0.05, 0) is 32.1 Å². The topological polar surface area (TPSA) is 60.9 Å². The lowest BCUT2D eigenvalue weighted by Gasteiger charge is -2.23. The van der Waals surface area contributed by atoms with Crippen LogP contribution in [0.15, 0.2) is 0 Å². The standard InChI is InChI=1S/C15H21N3O3/c1-9-6-11(9)16-8-10(7-12(16)19)18-13(20)15(2)4-3-5-17(15)14(18)21/h9-11H,3-8H2,1-2H3/t9-,10-,11+,15+/m1/s1. The van der Waals surface area contributed by atoms with Crippen LogP contribution in [0.4, 0.5) is 4.79 Å². The Bertz CT molecular complexity index is 548. The van der Waals surface area contributed by atoms with E-state index in [2.05, 4.69) is 6.92 Å². The van der Waals surface area contributed by atoms with Crippen LogP contribution in [-0.2, 0) is 9.59 Å². The molecule has 0 aromatic carbocycles. The minimum atomic E-state index is -0.666. The summed E-state index contributed by atoms with van der Waals surface area (Å²) in [5, 5.41) is 0. The molecule has 0 aromatic heterocycles. The van der Waals surface area contributed by atoms with Gasteiger partial charge in [0.1, 0.15) is 5.54 Å². The Kier molecular flexibility index (Phi) is 2.49. The van der Waals surface area contributed by atoms with E-state index in [-0.39, 0.29) is 23.9 Å². The van der Waals surface area contributed by atoms with Crippen molar-refractivity contribution in [3.63, 3.8) is 0 Å². The van der Waals surface area contributed by atoms with Crippen LogP contribution in [0.2, 0.25) is 0 Å². The van der Waals surface area contributed by atoms with Gasteiger partial charge in [-0.1, -0.05) is 6.92 Å². The molecule has 21 heavy (non-hydrogen) atoms. The van der Waals surface area contributed by atoms with E-state index in [1.807, 2.05) is 11.8 Å². The van der Waals surface area contributed by atoms with Gasteiger partial charge in [0.05, 0.1) is 6.04 Å². The third-order valence-electron chi connectivity index (χ3n) is 5.73. The minimum Gasteiger partial charge on any atom is -0.337 e. The molecule has 3 aliphatic heterocycles. The molecule has 0 spiro atoms. The molecule has 4 aliphatic rings. The molecule has 0 aromatic rings. The quantitative estimate of drug-likeness (QED) is 0.707. The van der Waals surface area contributed by atoms with Gasteiger partial charge in [0.2, 0.25) is 5.91 Å². The largest absolute Gasteiger partial charge is 0.337 e. The highest BCUT2D eigenvalue weighted by molar-refractivity contribution is 6.08. The van der Waals surface area contributed by atoms with Crippen LogP contribution in [0.5, 0.6) is 0 Å². The molecular formula is C15H21N3O3. The van der Waals surface area contributed by atoms with Crippen molar-refractivity contribution in [2.45, 2.75) is 57.2 Å². The van der Waals surface area contributed by atoms with Gasteiger partial charge in [-0.3, -0.25) is 14.5 Å². The van der Waals surface area contributed by atoms with Gasteiger partial charge in [0.15, 0.2) is 0 Å². The molecule has 4 rings (SSSR count). The lowest BCUT2D eigenvalue weighted by molar-refractivity contribution is -0.133. The summed E-state index contributed by atoms with van der Waals surface area (Å²) in [4.78, 5) is 42.4. The number of likely N-dealkylation sites (tertiary alicyclic amines) is 1. The monoisotopic (exact) mass is 291 g/mol. The van der Waals surface area contributed by atoms with Crippen LogP contribution < -0.4 is 0 Å². The van der Waals surface area contributed by atoms with Crippen LogP contribution in [-0.4, -0.2) is 63.3 Å². The summed E-state index contributed by atoms with van der Waals surface area (Å²) in [5.74, 6) is 0.541. The number of amides is 4. The first-order chi connectivity index (χ1) is 9.93. The average molecular weight is 291 g/mol. The first kappa shape index (κ1) is 13.1. The fourth-order valence-electron chi connectivity index (χ4n) is 4.23. The molecule has 114 valence electrons. The molecule has 1 saturated carbocycles. The SMILES string of the molecule is C[C@@H]1C[C@@H]1N1C[C@H](N2C(=O)N3CCC[C@@]3(C)C2=O)CC1=O. The van der Waals surface area contributed by atoms with Crippen LogP contribution in [0.1, 0.15) is 39.5 Å². The summed E-state index contributed by atoms with van der Waals surface area (Å²) in [6, 6.07) is -0.137. The van der Waals surface area contributed by atoms with Crippen LogP contribution >= 0.6 is 0 Å². The number of imide groups is 1. The molecule has 4 atom stereocenters. The normalized spacial score (nSPS) is 42.3. The van der Waals surface area contributed by atoms with E-state index >= 15 is 0 Å². The number of carbonyl (C=O) groups is 3. The molecule has 0 bridgehead atoms. The molecule has 0 unspecified atom stereocenters. The second-order valence-electron chi connectivity index (χ2n) is 7.17. The molecule has 1 aliphatic carbocycles. The third-order valence-corrected chi connectivity index (χ3v) is 5.73. The second kappa shape index (κ2) is 3.99. The smallest absolute Gasteiger partial charge is 0.328 e. The van der Waals surface area contributed by atoms with Crippen molar-refractivity contribution in [1.29, 1.82) is 0 Å². The summed E-state index contributed by atoms with van der Waals surface area (Å²) in [6.07, 6.45) is 2.96. The van der Waals surface area contributed by atoms with Crippen LogP contribution in [0, 0.1) is 5.92 Å². The molecule has 6 nitrogen and oxygen atoms in total. The van der Waals surface area contributed by atoms with Crippen molar-refractivity contribution < 1.29 is 14.4 Å². The molecule has 0 N–H and O–H groups in total. The zero-order valence-electron chi connectivity index (χ0n) is 12.5. The molecule has 3 heterocycles. The first-order valence-electron chi connectivity index (χ1n) is 7.88. The van der Waals surface area contributed by atoms with Gasteiger partial charge in [-0.15, -0.1) is 0 Å². The number of carbonyl (C=O) groups excluding carboxylic acids is 3. The summed E-state index contributed by atoms with van der Waals surface area (Å²) in [6.45, 7) is 5.17. The number of nitrogens with zero attached hydrogens (tertiary/aromatic N) is 3. The molecule has 4 fully saturated rings. The minimum absolute atomic E-state index is 0.0900. The van der Waals surface area contributed by atoms with Gasteiger partial charge in [-0.2, -0.15) is 0 Å². The highest BCUT2D eigenvalue weighted by Gasteiger charge is 2.59. The molecule has 4 amide bonds.